The summed E-state index contributed by atoms with van der Waals surface area (Å²) in [6, 6.07) is 19.4. The van der Waals surface area contributed by atoms with Crippen LogP contribution in [0, 0.1) is 20.8 Å². The molecule has 2 heterocycles. The number of ether oxygens (including phenoxy) is 1. The van der Waals surface area contributed by atoms with Crippen LogP contribution in [0.2, 0.25) is 0 Å². The Morgan fingerprint density at radius 3 is 2.33 bits per heavy atom. The predicted octanol–water partition coefficient (Wildman–Crippen LogP) is 7.62. The number of rotatable bonds is 8. The number of aryl methyl sites for hydroxylation is 3. The van der Waals surface area contributed by atoms with Gasteiger partial charge in [-0.2, -0.15) is 4.99 Å². The van der Waals surface area contributed by atoms with E-state index in [2.05, 4.69) is 57.3 Å². The van der Waals surface area contributed by atoms with E-state index in [1.807, 2.05) is 42.6 Å². The third-order valence-electron chi connectivity index (χ3n) is 7.12. The fourth-order valence-electron chi connectivity index (χ4n) is 4.85. The van der Waals surface area contributed by atoms with Crippen molar-refractivity contribution in [1.29, 1.82) is 0 Å². The number of nitrogens with zero attached hydrogens (tertiary/aromatic N) is 5. The van der Waals surface area contributed by atoms with Crippen molar-refractivity contribution >= 4 is 17.2 Å². The lowest BCUT2D eigenvalue weighted by atomic mass is 9.95. The molecule has 2 aromatic heterocycles. The molecule has 0 saturated carbocycles. The normalized spacial score (nSPS) is 12.9. The Morgan fingerprint density at radius 2 is 1.67 bits per heavy atom. The van der Waals surface area contributed by atoms with Crippen molar-refractivity contribution in [3.05, 3.63) is 106 Å². The maximum absolute atomic E-state index is 12.9. The number of halogens is 3. The molecule has 7 nitrogen and oxygen atoms in total. The lowest BCUT2D eigenvalue weighted by Crippen LogP contribution is -2.18. The first-order chi connectivity index (χ1) is 20.5. The van der Waals surface area contributed by atoms with Gasteiger partial charge in [0.1, 0.15) is 12.1 Å². The van der Waals surface area contributed by atoms with Gasteiger partial charge in [-0.05, 0) is 74.1 Å². The second-order valence-corrected chi connectivity index (χ2v) is 11.2. The highest BCUT2D eigenvalue weighted by Gasteiger charge is 2.31. The highest BCUT2D eigenvalue weighted by atomic mass is 32.1. The van der Waals surface area contributed by atoms with Crippen LogP contribution in [0.4, 0.5) is 13.2 Å². The first kappa shape index (κ1) is 30.0. The Kier molecular flexibility index (Phi) is 8.63. The smallest absolute Gasteiger partial charge is 0.406 e. The summed E-state index contributed by atoms with van der Waals surface area (Å²) < 4.78 is 44.7. The second kappa shape index (κ2) is 12.4. The first-order valence-corrected chi connectivity index (χ1v) is 14.6. The summed E-state index contributed by atoms with van der Waals surface area (Å²) in [5, 5.41) is 6.47. The third-order valence-corrected chi connectivity index (χ3v) is 8.06. The summed E-state index contributed by atoms with van der Waals surface area (Å²) in [5.74, 6) is 0.150. The van der Waals surface area contributed by atoms with Crippen LogP contribution in [-0.2, 0) is 4.79 Å². The molecule has 0 spiro atoms. The monoisotopic (exact) mass is 605 g/mol. The van der Waals surface area contributed by atoms with Gasteiger partial charge < -0.3 is 4.74 Å². The number of amides is 1. The van der Waals surface area contributed by atoms with Crippen LogP contribution < -0.4 is 9.54 Å². The van der Waals surface area contributed by atoms with Crippen LogP contribution >= 0.6 is 11.3 Å². The molecule has 43 heavy (non-hydrogen) atoms. The van der Waals surface area contributed by atoms with Crippen LogP contribution in [0.15, 0.2) is 83.4 Å². The molecule has 0 aliphatic heterocycles. The molecule has 0 bridgehead atoms. The molecule has 1 atom stereocenters. The number of benzene rings is 3. The zero-order chi connectivity index (χ0) is 30.7. The van der Waals surface area contributed by atoms with Crippen molar-refractivity contribution in [3.8, 4) is 28.5 Å². The van der Waals surface area contributed by atoms with E-state index in [4.69, 9.17) is 0 Å². The first-order valence-electron chi connectivity index (χ1n) is 13.7. The minimum atomic E-state index is -4.75. The molecule has 5 rings (SSSR count). The number of carbonyl (C=O) groups excluding carboxylic acids is 1. The van der Waals surface area contributed by atoms with E-state index in [0.717, 1.165) is 33.6 Å². The summed E-state index contributed by atoms with van der Waals surface area (Å²) >= 11 is 1.46. The summed E-state index contributed by atoms with van der Waals surface area (Å²) in [7, 11) is 0. The number of para-hydroxylation sites is 1. The maximum atomic E-state index is 12.9. The lowest BCUT2D eigenvalue weighted by Gasteiger charge is -2.13. The zero-order valence-electron chi connectivity index (χ0n) is 24.1. The zero-order valence-corrected chi connectivity index (χ0v) is 24.9. The van der Waals surface area contributed by atoms with E-state index in [0.29, 0.717) is 29.2 Å². The van der Waals surface area contributed by atoms with Crippen LogP contribution in [0.1, 0.15) is 48.1 Å². The van der Waals surface area contributed by atoms with Crippen molar-refractivity contribution < 1.29 is 22.7 Å². The average Bonchev–Trinajstić information content (AvgIpc) is 3.59. The number of carbonyl (C=O) groups is 1. The van der Waals surface area contributed by atoms with E-state index >= 15 is 0 Å². The second-order valence-electron chi connectivity index (χ2n) is 10.4. The van der Waals surface area contributed by atoms with Crippen molar-refractivity contribution in [2.45, 2.75) is 52.8 Å². The molecule has 11 heteroatoms. The van der Waals surface area contributed by atoms with Gasteiger partial charge in [-0.3, -0.25) is 9.36 Å². The van der Waals surface area contributed by atoms with Crippen LogP contribution in [-0.4, -0.2) is 31.6 Å². The van der Waals surface area contributed by atoms with Gasteiger partial charge in [-0.15, -0.1) is 29.6 Å². The predicted molar refractivity (Wildman–Crippen MR) is 160 cm³/mol. The summed E-state index contributed by atoms with van der Waals surface area (Å²) in [5.41, 5.74) is 6.77. The summed E-state index contributed by atoms with van der Waals surface area (Å²) in [6.45, 7) is 8.22. The van der Waals surface area contributed by atoms with Gasteiger partial charge in [0.15, 0.2) is 10.6 Å². The van der Waals surface area contributed by atoms with Crippen molar-refractivity contribution in [2.75, 3.05) is 0 Å². The van der Waals surface area contributed by atoms with Gasteiger partial charge in [0.05, 0.1) is 11.4 Å². The Labute approximate surface area is 251 Å². The summed E-state index contributed by atoms with van der Waals surface area (Å²) in [6.07, 6.45) is -2.27. The molecular formula is C32H30F3N5O2S. The van der Waals surface area contributed by atoms with Gasteiger partial charge in [0.25, 0.3) is 0 Å². The van der Waals surface area contributed by atoms with Crippen molar-refractivity contribution in [1.82, 2.24) is 19.3 Å². The molecule has 3 aromatic carbocycles. The fourth-order valence-corrected chi connectivity index (χ4v) is 5.73. The number of thiazole rings is 1. The molecule has 0 aliphatic carbocycles. The number of hydrogen-bond donors (Lipinski definition) is 0. The van der Waals surface area contributed by atoms with E-state index in [1.165, 1.54) is 46.6 Å². The van der Waals surface area contributed by atoms with E-state index in [-0.39, 0.29) is 17.6 Å². The molecule has 0 aliphatic rings. The quantitative estimate of drug-likeness (QED) is 0.182. The van der Waals surface area contributed by atoms with Crippen molar-refractivity contribution in [2.24, 2.45) is 4.99 Å². The van der Waals surface area contributed by atoms with E-state index in [1.54, 1.807) is 0 Å². The molecule has 0 N–H and O–H groups in total. The third kappa shape index (κ3) is 7.11. The fraction of sp³-hybridized carbons (Fsp3) is 0.250. The Bertz CT molecular complexity index is 1780. The SMILES string of the molecule is Cc1cccc(C)c1-n1c(C)csc1=NC(=O)CCC(C)c1ccc(-c2ncn(-c3ccc(OC(F)(F)F)cc3)n2)cc1. The molecular weight excluding hydrogens is 575 g/mol. The standard InChI is InChI=1S/C32H30F3N5O2S/c1-20(8-17-28(41)37-31-40(23(4)18-43-31)29-21(2)6-5-7-22(29)3)24-9-11-25(12-10-24)30-36-19-39(38-30)26-13-15-27(16-14-26)42-32(33,34)35/h5-7,9-16,18-20H,8,17H2,1-4H3. The van der Waals surface area contributed by atoms with Gasteiger partial charge >= 0.3 is 6.36 Å². The number of hydrogen-bond acceptors (Lipinski definition) is 5. The largest absolute Gasteiger partial charge is 0.573 e. The van der Waals surface area contributed by atoms with Crippen LogP contribution in [0.3, 0.4) is 0 Å². The maximum Gasteiger partial charge on any atom is 0.573 e. The number of aromatic nitrogens is 4. The highest BCUT2D eigenvalue weighted by molar-refractivity contribution is 7.07. The highest BCUT2D eigenvalue weighted by Crippen LogP contribution is 2.26. The minimum Gasteiger partial charge on any atom is -0.406 e. The molecule has 5 aromatic rings. The van der Waals surface area contributed by atoms with Gasteiger partial charge in [-0.25, -0.2) is 9.67 Å². The Balaban J connectivity index is 1.22. The minimum absolute atomic E-state index is 0.131. The molecule has 1 unspecified atom stereocenters. The van der Waals surface area contributed by atoms with E-state index in [9.17, 15) is 18.0 Å². The number of alkyl halides is 3. The molecule has 0 saturated heterocycles. The molecule has 0 radical (unpaired) electrons. The Morgan fingerprint density at radius 1 is 1.00 bits per heavy atom. The van der Waals surface area contributed by atoms with Gasteiger partial charge in [-0.1, -0.05) is 49.4 Å². The van der Waals surface area contributed by atoms with Crippen molar-refractivity contribution in [3.63, 3.8) is 0 Å². The topological polar surface area (TPSA) is 74.3 Å². The van der Waals surface area contributed by atoms with Gasteiger partial charge in [0.2, 0.25) is 5.91 Å². The average molecular weight is 606 g/mol. The molecule has 222 valence electrons. The summed E-state index contributed by atoms with van der Waals surface area (Å²) in [4.78, 5) is 22.4. The van der Waals surface area contributed by atoms with Crippen LogP contribution in [0.25, 0.3) is 22.8 Å². The van der Waals surface area contributed by atoms with Gasteiger partial charge in [0, 0.05) is 23.1 Å². The van der Waals surface area contributed by atoms with E-state index < -0.39 is 6.36 Å². The van der Waals surface area contributed by atoms with Crippen LogP contribution in [0.5, 0.6) is 5.75 Å². The molecule has 1 amide bonds. The Hall–Kier alpha value is -4.51. The lowest BCUT2D eigenvalue weighted by molar-refractivity contribution is -0.274. The molecule has 0 fully saturated rings.